The molecular weight excluding hydrogens is 320 g/mol. The van der Waals surface area contributed by atoms with E-state index in [-0.39, 0.29) is 4.90 Å². The van der Waals surface area contributed by atoms with Crippen molar-refractivity contribution in [1.29, 1.82) is 0 Å². The van der Waals surface area contributed by atoms with Crippen LogP contribution in [0.3, 0.4) is 0 Å². The van der Waals surface area contributed by atoms with Crippen LogP contribution in [0.2, 0.25) is 5.28 Å². The van der Waals surface area contributed by atoms with Gasteiger partial charge in [0.05, 0.1) is 16.8 Å². The van der Waals surface area contributed by atoms with E-state index < -0.39 is 9.84 Å². The van der Waals surface area contributed by atoms with Gasteiger partial charge >= 0.3 is 0 Å². The SMILES string of the molecule is CS(=O)(=O)c1ccc(-c2cnc(Cl)n2-c2ccccc2)cc1. The predicted octanol–water partition coefficient (Wildman–Crippen LogP) is 3.60. The fourth-order valence-electron chi connectivity index (χ4n) is 2.23. The minimum atomic E-state index is -3.21. The Morgan fingerprint density at radius 3 is 2.23 bits per heavy atom. The quantitative estimate of drug-likeness (QED) is 0.736. The zero-order valence-electron chi connectivity index (χ0n) is 11.8. The summed E-state index contributed by atoms with van der Waals surface area (Å²) in [5, 5.41) is 0.355. The van der Waals surface area contributed by atoms with Crippen molar-refractivity contribution in [1.82, 2.24) is 9.55 Å². The fourth-order valence-corrected chi connectivity index (χ4v) is 3.10. The molecule has 0 saturated carbocycles. The van der Waals surface area contributed by atoms with Gasteiger partial charge in [0.1, 0.15) is 0 Å². The first-order valence-corrected chi connectivity index (χ1v) is 8.83. The number of hydrogen-bond donors (Lipinski definition) is 0. The summed E-state index contributed by atoms with van der Waals surface area (Å²) in [4.78, 5) is 4.44. The second-order valence-electron chi connectivity index (χ2n) is 4.88. The molecule has 1 aromatic heterocycles. The molecule has 112 valence electrons. The molecule has 2 aromatic carbocycles. The molecule has 0 saturated heterocycles. The van der Waals surface area contributed by atoms with Gasteiger partial charge in [-0.05, 0) is 35.9 Å². The third-order valence-corrected chi connectivity index (χ3v) is 4.71. The Morgan fingerprint density at radius 1 is 1.00 bits per heavy atom. The molecule has 0 radical (unpaired) electrons. The number of halogens is 1. The smallest absolute Gasteiger partial charge is 0.207 e. The van der Waals surface area contributed by atoms with Crippen LogP contribution in [0.4, 0.5) is 0 Å². The summed E-state index contributed by atoms with van der Waals surface area (Å²) in [6.45, 7) is 0. The highest BCUT2D eigenvalue weighted by atomic mass is 35.5. The number of benzene rings is 2. The molecule has 4 nitrogen and oxygen atoms in total. The summed E-state index contributed by atoms with van der Waals surface area (Å²) < 4.78 is 24.9. The van der Waals surface area contributed by atoms with Crippen LogP contribution < -0.4 is 0 Å². The van der Waals surface area contributed by atoms with Crippen LogP contribution in [0.15, 0.2) is 65.7 Å². The van der Waals surface area contributed by atoms with Crippen LogP contribution in [0, 0.1) is 0 Å². The average Bonchev–Trinajstić information content (AvgIpc) is 2.89. The Morgan fingerprint density at radius 2 is 1.64 bits per heavy atom. The van der Waals surface area contributed by atoms with Crippen molar-refractivity contribution in [2.45, 2.75) is 4.90 Å². The number of nitrogens with zero attached hydrogens (tertiary/aromatic N) is 2. The topological polar surface area (TPSA) is 52.0 Å². The molecular formula is C16H13ClN2O2S. The Bertz CT molecular complexity index is 901. The van der Waals surface area contributed by atoms with Gasteiger partial charge in [0.2, 0.25) is 5.28 Å². The first kappa shape index (κ1) is 14.8. The lowest BCUT2D eigenvalue weighted by Gasteiger charge is -2.10. The molecule has 6 heteroatoms. The first-order chi connectivity index (χ1) is 10.5. The Kier molecular flexibility index (Phi) is 3.76. The van der Waals surface area contributed by atoms with Crippen LogP contribution in [0.1, 0.15) is 0 Å². The molecule has 0 amide bonds. The number of hydrogen-bond acceptors (Lipinski definition) is 3. The monoisotopic (exact) mass is 332 g/mol. The van der Waals surface area contributed by atoms with Gasteiger partial charge in [-0.1, -0.05) is 30.3 Å². The molecule has 0 aliphatic rings. The minimum absolute atomic E-state index is 0.285. The lowest BCUT2D eigenvalue weighted by molar-refractivity contribution is 0.602. The van der Waals surface area contributed by atoms with E-state index in [4.69, 9.17) is 11.6 Å². The van der Waals surface area contributed by atoms with Crippen molar-refractivity contribution in [3.8, 4) is 16.9 Å². The van der Waals surface area contributed by atoms with Gasteiger partial charge in [0.25, 0.3) is 0 Å². The van der Waals surface area contributed by atoms with E-state index in [0.717, 1.165) is 16.9 Å². The van der Waals surface area contributed by atoms with E-state index in [1.807, 2.05) is 34.9 Å². The normalized spacial score (nSPS) is 11.5. The Labute approximate surface area is 133 Å². The van der Waals surface area contributed by atoms with Crippen molar-refractivity contribution < 1.29 is 8.42 Å². The second kappa shape index (κ2) is 5.59. The molecule has 22 heavy (non-hydrogen) atoms. The maximum atomic E-state index is 11.5. The second-order valence-corrected chi connectivity index (χ2v) is 7.23. The molecule has 0 spiro atoms. The molecule has 3 rings (SSSR count). The van der Waals surface area contributed by atoms with Crippen LogP contribution in [0.5, 0.6) is 0 Å². The third kappa shape index (κ3) is 2.77. The summed E-state index contributed by atoms with van der Waals surface area (Å²) in [5.74, 6) is 0. The highest BCUT2D eigenvalue weighted by Crippen LogP contribution is 2.27. The lowest BCUT2D eigenvalue weighted by Crippen LogP contribution is -1.98. The maximum Gasteiger partial charge on any atom is 0.207 e. The Hall–Kier alpha value is -2.11. The van der Waals surface area contributed by atoms with E-state index >= 15 is 0 Å². The predicted molar refractivity (Wildman–Crippen MR) is 87.1 cm³/mol. The van der Waals surface area contributed by atoms with Gasteiger partial charge in [0.15, 0.2) is 9.84 Å². The zero-order valence-corrected chi connectivity index (χ0v) is 13.3. The van der Waals surface area contributed by atoms with Crippen molar-refractivity contribution in [3.05, 3.63) is 66.1 Å². The van der Waals surface area contributed by atoms with E-state index in [0.29, 0.717) is 5.28 Å². The summed E-state index contributed by atoms with van der Waals surface area (Å²) in [6.07, 6.45) is 2.86. The van der Waals surface area contributed by atoms with Crippen molar-refractivity contribution >= 4 is 21.4 Å². The van der Waals surface area contributed by atoms with Gasteiger partial charge in [0, 0.05) is 17.5 Å². The van der Waals surface area contributed by atoms with E-state index in [9.17, 15) is 8.42 Å². The summed E-state index contributed by atoms with van der Waals surface area (Å²) >= 11 is 6.19. The third-order valence-electron chi connectivity index (χ3n) is 3.31. The minimum Gasteiger partial charge on any atom is -0.283 e. The Balaban J connectivity index is 2.11. The van der Waals surface area contributed by atoms with Gasteiger partial charge in [-0.2, -0.15) is 0 Å². The molecule has 0 fully saturated rings. The molecule has 1 heterocycles. The lowest BCUT2D eigenvalue weighted by atomic mass is 10.1. The molecule has 0 atom stereocenters. The summed E-state index contributed by atoms with van der Waals surface area (Å²) in [5.41, 5.74) is 2.54. The zero-order chi connectivity index (χ0) is 15.7. The van der Waals surface area contributed by atoms with Gasteiger partial charge in [-0.3, -0.25) is 4.57 Å². The molecule has 0 unspecified atom stereocenters. The highest BCUT2D eigenvalue weighted by molar-refractivity contribution is 7.90. The number of aromatic nitrogens is 2. The van der Waals surface area contributed by atoms with Gasteiger partial charge in [-0.25, -0.2) is 13.4 Å². The first-order valence-electron chi connectivity index (χ1n) is 6.56. The van der Waals surface area contributed by atoms with E-state index in [1.165, 1.54) is 6.26 Å². The van der Waals surface area contributed by atoms with Crippen LogP contribution in [-0.2, 0) is 9.84 Å². The van der Waals surface area contributed by atoms with Crippen LogP contribution in [0.25, 0.3) is 16.9 Å². The highest BCUT2D eigenvalue weighted by Gasteiger charge is 2.13. The number of rotatable bonds is 3. The molecule has 0 aliphatic heterocycles. The summed E-state index contributed by atoms with van der Waals surface area (Å²) in [6, 6.07) is 16.3. The largest absolute Gasteiger partial charge is 0.283 e. The molecule has 3 aromatic rings. The van der Waals surface area contributed by atoms with E-state index in [2.05, 4.69) is 4.98 Å². The number of para-hydroxylation sites is 1. The summed E-state index contributed by atoms with van der Waals surface area (Å²) in [7, 11) is -3.21. The standard InChI is InChI=1S/C16H13ClN2O2S/c1-22(20,21)14-9-7-12(8-10-14)15-11-18-16(17)19(15)13-5-3-2-4-6-13/h2-11H,1H3. The van der Waals surface area contributed by atoms with Crippen molar-refractivity contribution in [3.63, 3.8) is 0 Å². The molecule has 0 N–H and O–H groups in total. The van der Waals surface area contributed by atoms with Gasteiger partial charge < -0.3 is 0 Å². The number of sulfone groups is 1. The van der Waals surface area contributed by atoms with Gasteiger partial charge in [-0.15, -0.1) is 0 Å². The molecule has 0 aliphatic carbocycles. The average molecular weight is 333 g/mol. The maximum absolute atomic E-state index is 11.5. The van der Waals surface area contributed by atoms with Crippen LogP contribution >= 0.6 is 11.6 Å². The fraction of sp³-hybridized carbons (Fsp3) is 0.0625. The van der Waals surface area contributed by atoms with E-state index in [1.54, 1.807) is 30.5 Å². The number of imidazole rings is 1. The molecule has 0 bridgehead atoms. The van der Waals surface area contributed by atoms with Crippen LogP contribution in [-0.4, -0.2) is 24.2 Å². The van der Waals surface area contributed by atoms with Crippen molar-refractivity contribution in [2.75, 3.05) is 6.26 Å². The van der Waals surface area contributed by atoms with Crippen molar-refractivity contribution in [2.24, 2.45) is 0 Å².